The van der Waals surface area contributed by atoms with Crippen molar-refractivity contribution < 1.29 is 8.42 Å². The standard InChI is InChI=1S/C10H10BrNO2S3/c1-7(8-2-4-15-6-8)12-17(13,14)10-9(11)3-5-16-10/h2-7,12H,1H3. The molecule has 0 saturated heterocycles. The molecule has 3 nitrogen and oxygen atoms in total. The lowest BCUT2D eigenvalue weighted by atomic mass is 10.2. The maximum Gasteiger partial charge on any atom is 0.251 e. The lowest BCUT2D eigenvalue weighted by Gasteiger charge is -2.12. The highest BCUT2D eigenvalue weighted by molar-refractivity contribution is 9.10. The summed E-state index contributed by atoms with van der Waals surface area (Å²) in [6, 6.07) is 3.43. The molecule has 0 bridgehead atoms. The summed E-state index contributed by atoms with van der Waals surface area (Å²) in [6.07, 6.45) is 0. The highest BCUT2D eigenvalue weighted by atomic mass is 79.9. The second-order valence-corrected chi connectivity index (χ2v) is 7.92. The Morgan fingerprint density at radius 2 is 2.12 bits per heavy atom. The van der Waals surface area contributed by atoms with Crippen molar-refractivity contribution >= 4 is 48.6 Å². The number of hydrogen-bond acceptors (Lipinski definition) is 4. The van der Waals surface area contributed by atoms with E-state index in [-0.39, 0.29) is 6.04 Å². The number of rotatable bonds is 4. The minimum absolute atomic E-state index is 0.222. The summed E-state index contributed by atoms with van der Waals surface area (Å²) in [5.74, 6) is 0. The molecule has 0 amide bonds. The summed E-state index contributed by atoms with van der Waals surface area (Å²) in [5.41, 5.74) is 0.978. The molecule has 0 saturated carbocycles. The Labute approximate surface area is 117 Å². The summed E-state index contributed by atoms with van der Waals surface area (Å²) in [7, 11) is -3.45. The van der Waals surface area contributed by atoms with E-state index in [0.717, 1.165) is 5.56 Å². The number of hydrogen-bond donors (Lipinski definition) is 1. The van der Waals surface area contributed by atoms with Crippen molar-refractivity contribution in [2.45, 2.75) is 17.2 Å². The lowest BCUT2D eigenvalue weighted by molar-refractivity contribution is 0.569. The second kappa shape index (κ2) is 5.19. The first kappa shape index (κ1) is 13.2. The van der Waals surface area contributed by atoms with E-state index in [9.17, 15) is 8.42 Å². The van der Waals surface area contributed by atoms with E-state index in [2.05, 4.69) is 20.7 Å². The van der Waals surface area contributed by atoms with Crippen molar-refractivity contribution in [2.24, 2.45) is 0 Å². The van der Waals surface area contributed by atoms with Gasteiger partial charge in [0, 0.05) is 10.5 Å². The van der Waals surface area contributed by atoms with Crippen LogP contribution in [-0.2, 0) is 10.0 Å². The van der Waals surface area contributed by atoms with Crippen molar-refractivity contribution in [3.63, 3.8) is 0 Å². The number of halogens is 1. The SMILES string of the molecule is CC(NS(=O)(=O)c1sccc1Br)c1ccsc1. The Morgan fingerprint density at radius 3 is 2.65 bits per heavy atom. The van der Waals surface area contributed by atoms with E-state index in [1.807, 2.05) is 23.8 Å². The Balaban J connectivity index is 2.22. The minimum Gasteiger partial charge on any atom is -0.206 e. The highest BCUT2D eigenvalue weighted by Gasteiger charge is 2.22. The largest absolute Gasteiger partial charge is 0.251 e. The van der Waals surface area contributed by atoms with Gasteiger partial charge in [0.15, 0.2) is 0 Å². The third kappa shape index (κ3) is 2.97. The first-order valence-corrected chi connectivity index (χ1v) is 8.88. The molecule has 17 heavy (non-hydrogen) atoms. The molecule has 0 fully saturated rings. The molecule has 1 atom stereocenters. The smallest absolute Gasteiger partial charge is 0.206 e. The third-order valence-electron chi connectivity index (χ3n) is 2.20. The molecule has 0 spiro atoms. The summed E-state index contributed by atoms with van der Waals surface area (Å²) >= 11 is 5.99. The van der Waals surface area contributed by atoms with Gasteiger partial charge in [0.05, 0.1) is 0 Å². The van der Waals surface area contributed by atoms with Gasteiger partial charge < -0.3 is 0 Å². The molecular formula is C10H10BrNO2S3. The van der Waals surface area contributed by atoms with Crippen LogP contribution in [0.3, 0.4) is 0 Å². The van der Waals surface area contributed by atoms with Crippen LogP contribution >= 0.6 is 38.6 Å². The monoisotopic (exact) mass is 351 g/mol. The van der Waals surface area contributed by atoms with Gasteiger partial charge in [0.1, 0.15) is 4.21 Å². The predicted molar refractivity (Wildman–Crippen MR) is 75.1 cm³/mol. The van der Waals surface area contributed by atoms with Crippen molar-refractivity contribution in [3.8, 4) is 0 Å². The fraction of sp³-hybridized carbons (Fsp3) is 0.200. The molecule has 0 aromatic carbocycles. The van der Waals surface area contributed by atoms with E-state index in [0.29, 0.717) is 8.68 Å². The molecule has 1 unspecified atom stereocenters. The van der Waals surface area contributed by atoms with Crippen molar-refractivity contribution in [3.05, 3.63) is 38.3 Å². The lowest BCUT2D eigenvalue weighted by Crippen LogP contribution is -2.26. The molecule has 2 heterocycles. The van der Waals surface area contributed by atoms with Crippen molar-refractivity contribution in [2.75, 3.05) is 0 Å². The summed E-state index contributed by atoms with van der Waals surface area (Å²) in [4.78, 5) is 0. The van der Waals surface area contributed by atoms with E-state index in [1.165, 1.54) is 11.3 Å². The van der Waals surface area contributed by atoms with Crippen LogP contribution in [0.2, 0.25) is 0 Å². The highest BCUT2D eigenvalue weighted by Crippen LogP contribution is 2.29. The van der Waals surface area contributed by atoms with Gasteiger partial charge in [-0.25, -0.2) is 13.1 Å². The topological polar surface area (TPSA) is 46.2 Å². The van der Waals surface area contributed by atoms with Crippen LogP contribution in [0.1, 0.15) is 18.5 Å². The van der Waals surface area contributed by atoms with Gasteiger partial charge in [0.25, 0.3) is 10.0 Å². The van der Waals surface area contributed by atoms with E-state index in [1.54, 1.807) is 22.8 Å². The van der Waals surface area contributed by atoms with Crippen LogP contribution in [0.25, 0.3) is 0 Å². The Bertz CT molecular complexity index is 589. The Kier molecular flexibility index (Phi) is 4.04. The van der Waals surface area contributed by atoms with Gasteiger partial charge in [-0.1, -0.05) is 0 Å². The molecule has 0 aliphatic carbocycles. The van der Waals surface area contributed by atoms with Crippen LogP contribution in [0.5, 0.6) is 0 Å². The van der Waals surface area contributed by atoms with Crippen LogP contribution in [0.15, 0.2) is 37.0 Å². The van der Waals surface area contributed by atoms with Crippen molar-refractivity contribution in [1.82, 2.24) is 4.72 Å². The zero-order chi connectivity index (χ0) is 12.5. The molecule has 0 aliphatic rings. The van der Waals surface area contributed by atoms with Gasteiger partial charge in [0.2, 0.25) is 0 Å². The normalized spacial score (nSPS) is 13.8. The van der Waals surface area contributed by atoms with Crippen LogP contribution in [-0.4, -0.2) is 8.42 Å². The predicted octanol–water partition coefficient (Wildman–Crippen LogP) is 3.61. The molecular weight excluding hydrogens is 342 g/mol. The van der Waals surface area contributed by atoms with Crippen LogP contribution in [0.4, 0.5) is 0 Å². The molecule has 92 valence electrons. The van der Waals surface area contributed by atoms with E-state index >= 15 is 0 Å². The maximum atomic E-state index is 12.1. The fourth-order valence-electron chi connectivity index (χ4n) is 1.35. The average Bonchev–Trinajstić information content (AvgIpc) is 2.85. The molecule has 0 aliphatic heterocycles. The average molecular weight is 352 g/mol. The molecule has 0 radical (unpaired) electrons. The van der Waals surface area contributed by atoms with Gasteiger partial charge in [-0.15, -0.1) is 11.3 Å². The molecule has 2 rings (SSSR count). The summed E-state index contributed by atoms with van der Waals surface area (Å²) < 4.78 is 27.8. The fourth-order valence-corrected chi connectivity index (χ4v) is 5.69. The number of thiophene rings is 2. The number of sulfonamides is 1. The van der Waals surface area contributed by atoms with Crippen LogP contribution in [0, 0.1) is 0 Å². The van der Waals surface area contributed by atoms with Gasteiger partial charge in [-0.3, -0.25) is 0 Å². The van der Waals surface area contributed by atoms with Gasteiger partial charge in [-0.05, 0) is 56.7 Å². The maximum absolute atomic E-state index is 12.1. The second-order valence-electron chi connectivity index (χ2n) is 3.46. The molecule has 2 aromatic heterocycles. The molecule has 7 heteroatoms. The molecule has 2 aromatic rings. The Hall–Kier alpha value is -0.210. The zero-order valence-corrected chi connectivity index (χ0v) is 12.9. The third-order valence-corrected chi connectivity index (χ3v) is 7.12. The molecule has 1 N–H and O–H groups in total. The first-order valence-electron chi connectivity index (χ1n) is 4.78. The first-order chi connectivity index (χ1) is 8.00. The number of nitrogens with one attached hydrogen (secondary N) is 1. The van der Waals surface area contributed by atoms with E-state index in [4.69, 9.17) is 0 Å². The van der Waals surface area contributed by atoms with Crippen LogP contribution < -0.4 is 4.72 Å². The minimum atomic E-state index is -3.45. The van der Waals surface area contributed by atoms with Gasteiger partial charge in [-0.2, -0.15) is 11.3 Å². The summed E-state index contributed by atoms with van der Waals surface area (Å²) in [5, 5.41) is 5.62. The quantitative estimate of drug-likeness (QED) is 0.914. The Morgan fingerprint density at radius 1 is 1.35 bits per heavy atom. The van der Waals surface area contributed by atoms with Crippen molar-refractivity contribution in [1.29, 1.82) is 0 Å². The zero-order valence-electron chi connectivity index (χ0n) is 8.88. The summed E-state index contributed by atoms with van der Waals surface area (Å²) in [6.45, 7) is 1.83. The van der Waals surface area contributed by atoms with Gasteiger partial charge >= 0.3 is 0 Å². The van der Waals surface area contributed by atoms with E-state index < -0.39 is 10.0 Å².